The third kappa shape index (κ3) is 4.82. The Kier molecular flexibility index (Phi) is 6.54. The molecule has 0 amide bonds. The summed E-state index contributed by atoms with van der Waals surface area (Å²) in [5.41, 5.74) is 1.67. The average Bonchev–Trinajstić information content (AvgIpc) is 2.39. The van der Waals surface area contributed by atoms with E-state index in [2.05, 4.69) is 58.9 Å². The Morgan fingerprint density at radius 1 is 0.950 bits per heavy atom. The molecule has 114 valence electrons. The molecule has 20 heavy (non-hydrogen) atoms. The molecule has 0 spiro atoms. The van der Waals surface area contributed by atoms with Gasteiger partial charge in [-0.2, -0.15) is 0 Å². The van der Waals surface area contributed by atoms with Gasteiger partial charge in [-0.25, -0.2) is 0 Å². The second kappa shape index (κ2) is 7.68. The van der Waals surface area contributed by atoms with Crippen molar-refractivity contribution in [1.29, 1.82) is 0 Å². The highest BCUT2D eigenvalue weighted by Crippen LogP contribution is 2.37. The quantitative estimate of drug-likeness (QED) is 0.624. The summed E-state index contributed by atoms with van der Waals surface area (Å²) < 4.78 is 11.4. The third-order valence-corrected chi connectivity index (χ3v) is 3.69. The van der Waals surface area contributed by atoms with Gasteiger partial charge in [0.05, 0.1) is 0 Å². The van der Waals surface area contributed by atoms with Crippen LogP contribution in [0.5, 0.6) is 5.75 Å². The maximum atomic E-state index is 5.84. The van der Waals surface area contributed by atoms with Crippen LogP contribution in [0.1, 0.15) is 65.9 Å². The van der Waals surface area contributed by atoms with E-state index in [1.807, 2.05) is 6.92 Å². The topological polar surface area (TPSA) is 18.5 Å². The Hall–Kier alpha value is -1.02. The summed E-state index contributed by atoms with van der Waals surface area (Å²) in [7, 11) is 0. The summed E-state index contributed by atoms with van der Waals surface area (Å²) >= 11 is 0. The molecule has 0 aromatic heterocycles. The highest BCUT2D eigenvalue weighted by molar-refractivity contribution is 5.30. The van der Waals surface area contributed by atoms with Gasteiger partial charge in [-0.05, 0) is 42.4 Å². The lowest BCUT2D eigenvalue weighted by Gasteiger charge is -2.30. The van der Waals surface area contributed by atoms with Crippen LogP contribution in [-0.4, -0.2) is 12.9 Å². The van der Waals surface area contributed by atoms with E-state index < -0.39 is 0 Å². The summed E-state index contributed by atoms with van der Waals surface area (Å²) in [4.78, 5) is 0. The maximum absolute atomic E-state index is 5.84. The first-order valence-corrected chi connectivity index (χ1v) is 7.80. The molecule has 0 fully saturated rings. The highest BCUT2D eigenvalue weighted by Gasteiger charge is 2.24. The minimum Gasteiger partial charge on any atom is -0.465 e. The van der Waals surface area contributed by atoms with E-state index in [4.69, 9.17) is 9.47 Å². The van der Waals surface area contributed by atoms with E-state index in [-0.39, 0.29) is 11.7 Å². The van der Waals surface area contributed by atoms with Crippen LogP contribution >= 0.6 is 0 Å². The van der Waals surface area contributed by atoms with Gasteiger partial charge in [0.15, 0.2) is 6.29 Å². The maximum Gasteiger partial charge on any atom is 0.199 e. The van der Waals surface area contributed by atoms with Gasteiger partial charge >= 0.3 is 0 Å². The van der Waals surface area contributed by atoms with E-state index in [0.717, 1.165) is 18.6 Å². The average molecular weight is 278 g/mol. The molecule has 1 aromatic carbocycles. The first-order chi connectivity index (χ1) is 9.42. The second-order valence-corrected chi connectivity index (χ2v) is 6.31. The normalized spacial score (nSPS) is 14.9. The van der Waals surface area contributed by atoms with Crippen molar-refractivity contribution in [2.75, 3.05) is 6.61 Å². The number of benzene rings is 1. The van der Waals surface area contributed by atoms with Crippen molar-refractivity contribution < 1.29 is 9.47 Å². The Morgan fingerprint density at radius 3 is 1.95 bits per heavy atom. The van der Waals surface area contributed by atoms with Crippen molar-refractivity contribution in [3.63, 3.8) is 0 Å². The standard InChI is InChI=1S/C18H30O2/c1-7-16(18(4,5)6)14-10-12-15(13-11-14)20-17(8-2)19-9-3/h10-13,16-17H,7-9H2,1-6H3. The number of hydrogen-bond donors (Lipinski definition) is 0. The van der Waals surface area contributed by atoms with Crippen LogP contribution in [-0.2, 0) is 4.74 Å². The predicted molar refractivity (Wildman–Crippen MR) is 85.3 cm³/mol. The van der Waals surface area contributed by atoms with Crippen LogP contribution in [0.4, 0.5) is 0 Å². The molecule has 2 heteroatoms. The lowest BCUT2D eigenvalue weighted by molar-refractivity contribution is -0.0766. The van der Waals surface area contributed by atoms with E-state index >= 15 is 0 Å². The van der Waals surface area contributed by atoms with Crippen molar-refractivity contribution in [3.8, 4) is 5.75 Å². The molecule has 0 N–H and O–H groups in total. The molecule has 0 heterocycles. The van der Waals surface area contributed by atoms with Crippen molar-refractivity contribution in [1.82, 2.24) is 0 Å². The second-order valence-electron chi connectivity index (χ2n) is 6.31. The van der Waals surface area contributed by atoms with E-state index in [1.165, 1.54) is 5.56 Å². The van der Waals surface area contributed by atoms with E-state index in [0.29, 0.717) is 12.5 Å². The lowest BCUT2D eigenvalue weighted by Crippen LogP contribution is -2.20. The summed E-state index contributed by atoms with van der Waals surface area (Å²) in [6, 6.07) is 8.50. The fourth-order valence-electron chi connectivity index (χ4n) is 2.70. The first kappa shape index (κ1) is 17.0. The Labute approximate surface area is 124 Å². The first-order valence-electron chi connectivity index (χ1n) is 7.80. The highest BCUT2D eigenvalue weighted by atomic mass is 16.7. The molecule has 0 bridgehead atoms. The van der Waals surface area contributed by atoms with Crippen LogP contribution in [0.3, 0.4) is 0 Å². The molecule has 2 atom stereocenters. The Balaban J connectivity index is 2.77. The van der Waals surface area contributed by atoms with Gasteiger partial charge in [-0.15, -0.1) is 0 Å². The molecular formula is C18H30O2. The Morgan fingerprint density at radius 2 is 1.55 bits per heavy atom. The molecule has 2 nitrogen and oxygen atoms in total. The zero-order valence-corrected chi connectivity index (χ0v) is 13.9. The molecule has 0 aliphatic carbocycles. The van der Waals surface area contributed by atoms with Crippen LogP contribution in [0, 0.1) is 5.41 Å². The number of rotatable bonds is 7. The van der Waals surface area contributed by atoms with Gasteiger partial charge in [0.2, 0.25) is 0 Å². The van der Waals surface area contributed by atoms with E-state index in [9.17, 15) is 0 Å². The van der Waals surface area contributed by atoms with Crippen molar-refractivity contribution in [3.05, 3.63) is 29.8 Å². The number of ether oxygens (including phenoxy) is 2. The largest absolute Gasteiger partial charge is 0.465 e. The van der Waals surface area contributed by atoms with Gasteiger partial charge in [0.25, 0.3) is 0 Å². The van der Waals surface area contributed by atoms with Crippen molar-refractivity contribution >= 4 is 0 Å². The molecule has 0 saturated carbocycles. The molecule has 2 unspecified atom stereocenters. The molecule has 0 radical (unpaired) electrons. The van der Waals surface area contributed by atoms with Crippen molar-refractivity contribution in [2.24, 2.45) is 5.41 Å². The monoisotopic (exact) mass is 278 g/mol. The molecule has 1 rings (SSSR count). The smallest absolute Gasteiger partial charge is 0.199 e. The van der Waals surface area contributed by atoms with Crippen LogP contribution in [0.2, 0.25) is 0 Å². The van der Waals surface area contributed by atoms with Crippen molar-refractivity contribution in [2.45, 2.75) is 66.6 Å². The molecule has 0 aliphatic heterocycles. The zero-order valence-electron chi connectivity index (χ0n) is 13.9. The van der Waals surface area contributed by atoms with Gasteiger partial charge < -0.3 is 9.47 Å². The third-order valence-electron chi connectivity index (χ3n) is 3.69. The van der Waals surface area contributed by atoms with Crippen LogP contribution in [0.15, 0.2) is 24.3 Å². The SMILES string of the molecule is CCOC(CC)Oc1ccc(C(CC)C(C)(C)C)cc1. The molecule has 0 aliphatic rings. The van der Waals surface area contributed by atoms with Gasteiger partial charge in [-0.3, -0.25) is 0 Å². The lowest BCUT2D eigenvalue weighted by atomic mass is 9.75. The summed E-state index contributed by atoms with van der Waals surface area (Å²) in [6.45, 7) is 13.9. The molecular weight excluding hydrogens is 248 g/mol. The fourth-order valence-corrected chi connectivity index (χ4v) is 2.70. The van der Waals surface area contributed by atoms with Crippen LogP contribution < -0.4 is 4.74 Å². The summed E-state index contributed by atoms with van der Waals surface area (Å²) in [5, 5.41) is 0. The minimum atomic E-state index is -0.143. The molecule has 1 aromatic rings. The summed E-state index contributed by atoms with van der Waals surface area (Å²) in [6.07, 6.45) is 1.87. The number of hydrogen-bond acceptors (Lipinski definition) is 2. The van der Waals surface area contributed by atoms with E-state index in [1.54, 1.807) is 0 Å². The zero-order chi connectivity index (χ0) is 15.2. The van der Waals surface area contributed by atoms with Crippen LogP contribution in [0.25, 0.3) is 0 Å². The van der Waals surface area contributed by atoms with Gasteiger partial charge in [0.1, 0.15) is 5.75 Å². The van der Waals surface area contributed by atoms with Gasteiger partial charge in [0, 0.05) is 13.0 Å². The predicted octanol–water partition coefficient (Wildman–Crippen LogP) is 5.38. The minimum absolute atomic E-state index is 0.143. The molecule has 0 saturated heterocycles. The fraction of sp³-hybridized carbons (Fsp3) is 0.667. The van der Waals surface area contributed by atoms with Gasteiger partial charge in [-0.1, -0.05) is 46.8 Å². The summed E-state index contributed by atoms with van der Waals surface area (Å²) in [5.74, 6) is 1.46. The Bertz CT molecular complexity index is 375.